The molecule has 0 spiro atoms. The van der Waals surface area contributed by atoms with Gasteiger partial charge in [-0.05, 0) is 55.2 Å². The van der Waals surface area contributed by atoms with Crippen LogP contribution in [0.3, 0.4) is 0 Å². The van der Waals surface area contributed by atoms with Crippen LogP contribution in [0.15, 0.2) is 53.4 Å². The van der Waals surface area contributed by atoms with E-state index in [2.05, 4.69) is 6.07 Å². The number of rotatable bonds is 5. The summed E-state index contributed by atoms with van der Waals surface area (Å²) in [5.74, 6) is 0.681. The van der Waals surface area contributed by atoms with Gasteiger partial charge in [0.05, 0.1) is 17.5 Å². The predicted octanol–water partition coefficient (Wildman–Crippen LogP) is 3.39. The molecule has 0 bridgehead atoms. The molecular weight excluding hydrogens is 310 g/mol. The summed E-state index contributed by atoms with van der Waals surface area (Å²) in [4.78, 5) is 0.299. The predicted molar refractivity (Wildman–Crippen MR) is 90.1 cm³/mol. The van der Waals surface area contributed by atoms with Crippen molar-refractivity contribution in [3.63, 3.8) is 0 Å². The summed E-state index contributed by atoms with van der Waals surface area (Å²) in [7, 11) is -1.85. The Hall–Kier alpha value is -1.85. The number of nitrogens with zero attached hydrogens (tertiary/aromatic N) is 1. The lowest BCUT2D eigenvalue weighted by Crippen LogP contribution is -2.30. The molecule has 2 aromatic carbocycles. The van der Waals surface area contributed by atoms with Gasteiger partial charge in [-0.25, -0.2) is 8.42 Å². The quantitative estimate of drug-likeness (QED) is 0.844. The molecule has 0 saturated carbocycles. The van der Waals surface area contributed by atoms with Crippen molar-refractivity contribution in [1.82, 2.24) is 4.31 Å². The number of ether oxygens (including phenoxy) is 1. The summed E-state index contributed by atoms with van der Waals surface area (Å²) in [6.07, 6.45) is 1.75. The van der Waals surface area contributed by atoms with Crippen molar-refractivity contribution in [3.05, 3.63) is 59.7 Å². The van der Waals surface area contributed by atoms with Crippen LogP contribution in [-0.4, -0.2) is 26.4 Å². The standard InChI is InChI=1S/C18H21NO3S/c1-3-22-15-9-11-16(12-10-15)23(20,21)19(2)18-13-8-14-6-4-5-7-17(14)18/h4-7,9-12,18H,3,8,13H2,1-2H3. The molecule has 0 aliphatic heterocycles. The third-order valence-corrected chi connectivity index (χ3v) is 6.23. The van der Waals surface area contributed by atoms with E-state index in [4.69, 9.17) is 4.74 Å². The van der Waals surface area contributed by atoms with Crippen LogP contribution in [0.5, 0.6) is 5.75 Å². The van der Waals surface area contributed by atoms with Gasteiger partial charge >= 0.3 is 0 Å². The van der Waals surface area contributed by atoms with Crippen molar-refractivity contribution >= 4 is 10.0 Å². The molecule has 0 N–H and O–H groups in total. The molecular formula is C18H21NO3S. The number of sulfonamides is 1. The van der Waals surface area contributed by atoms with E-state index in [0.29, 0.717) is 17.3 Å². The van der Waals surface area contributed by atoms with Crippen LogP contribution in [0.2, 0.25) is 0 Å². The van der Waals surface area contributed by atoms with Crippen LogP contribution < -0.4 is 4.74 Å². The Morgan fingerprint density at radius 2 is 1.83 bits per heavy atom. The van der Waals surface area contributed by atoms with Gasteiger partial charge < -0.3 is 4.74 Å². The molecule has 0 aromatic heterocycles. The molecule has 0 radical (unpaired) electrons. The van der Waals surface area contributed by atoms with E-state index in [-0.39, 0.29) is 6.04 Å². The van der Waals surface area contributed by atoms with Gasteiger partial charge in [0.2, 0.25) is 10.0 Å². The smallest absolute Gasteiger partial charge is 0.243 e. The molecule has 1 unspecified atom stereocenters. The van der Waals surface area contributed by atoms with Gasteiger partial charge in [0.1, 0.15) is 5.75 Å². The summed E-state index contributed by atoms with van der Waals surface area (Å²) in [5.41, 5.74) is 2.36. The molecule has 1 aliphatic rings. The summed E-state index contributed by atoms with van der Waals surface area (Å²) in [6, 6.07) is 14.6. The number of hydrogen-bond donors (Lipinski definition) is 0. The highest BCUT2D eigenvalue weighted by Gasteiger charge is 2.33. The molecule has 122 valence electrons. The van der Waals surface area contributed by atoms with Crippen molar-refractivity contribution < 1.29 is 13.2 Å². The largest absolute Gasteiger partial charge is 0.494 e. The van der Waals surface area contributed by atoms with E-state index in [1.54, 1.807) is 31.3 Å². The summed E-state index contributed by atoms with van der Waals surface area (Å²) >= 11 is 0. The minimum absolute atomic E-state index is 0.0947. The third-order valence-electron chi connectivity index (χ3n) is 4.35. The molecule has 0 fully saturated rings. The number of benzene rings is 2. The zero-order valence-electron chi connectivity index (χ0n) is 13.4. The first kappa shape index (κ1) is 16.0. The molecule has 4 nitrogen and oxygen atoms in total. The highest BCUT2D eigenvalue weighted by molar-refractivity contribution is 7.89. The summed E-state index contributed by atoms with van der Waals surface area (Å²) < 4.78 is 32.6. The Labute approximate surface area is 137 Å². The minimum Gasteiger partial charge on any atom is -0.494 e. The molecule has 23 heavy (non-hydrogen) atoms. The lowest BCUT2D eigenvalue weighted by Gasteiger charge is -2.25. The fourth-order valence-corrected chi connectivity index (χ4v) is 4.49. The Morgan fingerprint density at radius 1 is 1.13 bits per heavy atom. The fraction of sp³-hybridized carbons (Fsp3) is 0.333. The van der Waals surface area contributed by atoms with Crippen molar-refractivity contribution in [2.75, 3.05) is 13.7 Å². The zero-order chi connectivity index (χ0) is 16.4. The van der Waals surface area contributed by atoms with Crippen molar-refractivity contribution in [2.45, 2.75) is 30.7 Å². The maximum absolute atomic E-state index is 12.9. The topological polar surface area (TPSA) is 46.6 Å². The van der Waals surface area contributed by atoms with E-state index in [1.807, 2.05) is 25.1 Å². The molecule has 0 saturated heterocycles. The first-order valence-corrected chi connectivity index (χ1v) is 9.26. The monoisotopic (exact) mass is 331 g/mol. The van der Waals surface area contributed by atoms with Gasteiger partial charge in [-0.15, -0.1) is 0 Å². The molecule has 0 amide bonds. The normalized spacial score (nSPS) is 17.3. The Balaban J connectivity index is 1.88. The van der Waals surface area contributed by atoms with Gasteiger partial charge in [0.25, 0.3) is 0 Å². The van der Waals surface area contributed by atoms with Crippen LogP contribution in [0, 0.1) is 0 Å². The van der Waals surface area contributed by atoms with E-state index in [1.165, 1.54) is 9.87 Å². The highest BCUT2D eigenvalue weighted by Crippen LogP contribution is 2.37. The van der Waals surface area contributed by atoms with Gasteiger partial charge in [-0.1, -0.05) is 24.3 Å². The average Bonchev–Trinajstić information content (AvgIpc) is 2.99. The third kappa shape index (κ3) is 2.99. The second-order valence-electron chi connectivity index (χ2n) is 5.68. The lowest BCUT2D eigenvalue weighted by atomic mass is 10.1. The van der Waals surface area contributed by atoms with Gasteiger partial charge in [0.15, 0.2) is 0 Å². The number of fused-ring (bicyclic) bond motifs is 1. The summed E-state index contributed by atoms with van der Waals surface area (Å²) in [5, 5.41) is 0. The van der Waals surface area contributed by atoms with Crippen LogP contribution in [-0.2, 0) is 16.4 Å². The van der Waals surface area contributed by atoms with E-state index < -0.39 is 10.0 Å². The van der Waals surface area contributed by atoms with Crippen LogP contribution >= 0.6 is 0 Å². The maximum atomic E-state index is 12.9. The minimum atomic E-state index is -3.52. The number of hydrogen-bond acceptors (Lipinski definition) is 3. The molecule has 1 aliphatic carbocycles. The SMILES string of the molecule is CCOc1ccc(S(=O)(=O)N(C)C2CCc3ccccc32)cc1. The van der Waals surface area contributed by atoms with E-state index in [9.17, 15) is 8.42 Å². The first-order valence-electron chi connectivity index (χ1n) is 7.82. The second-order valence-corrected chi connectivity index (χ2v) is 7.68. The molecule has 3 rings (SSSR count). The second kappa shape index (κ2) is 6.34. The van der Waals surface area contributed by atoms with Crippen molar-refractivity contribution in [1.29, 1.82) is 0 Å². The molecule has 1 atom stereocenters. The molecule has 2 aromatic rings. The van der Waals surface area contributed by atoms with Gasteiger partial charge in [-0.3, -0.25) is 0 Å². The molecule has 5 heteroatoms. The van der Waals surface area contributed by atoms with Crippen molar-refractivity contribution in [3.8, 4) is 5.75 Å². The van der Waals surface area contributed by atoms with Crippen LogP contribution in [0.25, 0.3) is 0 Å². The first-order chi connectivity index (χ1) is 11.0. The lowest BCUT2D eigenvalue weighted by molar-refractivity contribution is 0.340. The van der Waals surface area contributed by atoms with Crippen LogP contribution in [0.4, 0.5) is 0 Å². The Kier molecular flexibility index (Phi) is 4.41. The maximum Gasteiger partial charge on any atom is 0.243 e. The van der Waals surface area contributed by atoms with E-state index >= 15 is 0 Å². The average molecular weight is 331 g/mol. The van der Waals surface area contributed by atoms with Gasteiger partial charge in [-0.2, -0.15) is 4.31 Å². The molecule has 0 heterocycles. The fourth-order valence-electron chi connectivity index (χ4n) is 3.12. The van der Waals surface area contributed by atoms with E-state index in [0.717, 1.165) is 18.4 Å². The van der Waals surface area contributed by atoms with Crippen LogP contribution in [0.1, 0.15) is 30.5 Å². The van der Waals surface area contributed by atoms with Crippen molar-refractivity contribution in [2.24, 2.45) is 0 Å². The number of aryl methyl sites for hydroxylation is 1. The zero-order valence-corrected chi connectivity index (χ0v) is 14.2. The highest BCUT2D eigenvalue weighted by atomic mass is 32.2. The Bertz CT molecular complexity index is 784. The summed E-state index contributed by atoms with van der Waals surface area (Å²) in [6.45, 7) is 2.46. The van der Waals surface area contributed by atoms with Gasteiger partial charge in [0, 0.05) is 7.05 Å². The Morgan fingerprint density at radius 3 is 2.52 bits per heavy atom.